The third-order valence-electron chi connectivity index (χ3n) is 5.26. The molecule has 0 aliphatic carbocycles. The Labute approximate surface area is 165 Å². The molecule has 0 aromatic heterocycles. The number of piperazine rings is 1. The quantitative estimate of drug-likeness (QED) is 0.740. The van der Waals surface area contributed by atoms with Gasteiger partial charge in [-0.15, -0.1) is 0 Å². The molecule has 0 spiro atoms. The van der Waals surface area contributed by atoms with Crippen molar-refractivity contribution in [3.05, 3.63) is 64.7 Å². The maximum absolute atomic E-state index is 12.9. The fourth-order valence-electron chi connectivity index (χ4n) is 3.30. The van der Waals surface area contributed by atoms with Crippen LogP contribution in [0.15, 0.2) is 47.4 Å². The van der Waals surface area contributed by atoms with E-state index in [0.29, 0.717) is 24.2 Å². The zero-order valence-corrected chi connectivity index (χ0v) is 17.1. The summed E-state index contributed by atoms with van der Waals surface area (Å²) in [6, 6.07) is 11.6. The van der Waals surface area contributed by atoms with Crippen molar-refractivity contribution >= 4 is 21.7 Å². The highest BCUT2D eigenvalue weighted by atomic mass is 32.2. The summed E-state index contributed by atoms with van der Waals surface area (Å²) in [6.07, 6.45) is 0. The van der Waals surface area contributed by atoms with E-state index in [2.05, 4.69) is 0 Å². The van der Waals surface area contributed by atoms with Crippen molar-refractivity contribution in [1.29, 1.82) is 0 Å². The molecular weight excluding hydrogens is 376 g/mol. The van der Waals surface area contributed by atoms with Crippen molar-refractivity contribution in [3.8, 4) is 0 Å². The Balaban J connectivity index is 1.71. The van der Waals surface area contributed by atoms with Crippen LogP contribution in [-0.2, 0) is 10.0 Å². The minimum Gasteiger partial charge on any atom is -0.336 e. The van der Waals surface area contributed by atoms with E-state index in [1.807, 2.05) is 32.0 Å². The Morgan fingerprint density at radius 1 is 0.893 bits per heavy atom. The predicted molar refractivity (Wildman–Crippen MR) is 107 cm³/mol. The van der Waals surface area contributed by atoms with Crippen LogP contribution in [0.25, 0.3) is 0 Å². The van der Waals surface area contributed by atoms with Gasteiger partial charge in [-0.2, -0.15) is 4.31 Å². The Bertz CT molecular complexity index is 1010. The molecule has 1 fully saturated rings. The van der Waals surface area contributed by atoms with Gasteiger partial charge in [-0.3, -0.25) is 9.59 Å². The topological polar surface area (TPSA) is 74.8 Å². The molecule has 28 heavy (non-hydrogen) atoms. The average Bonchev–Trinajstić information content (AvgIpc) is 2.69. The highest BCUT2D eigenvalue weighted by Crippen LogP contribution is 2.21. The Hall–Kier alpha value is -2.51. The van der Waals surface area contributed by atoms with E-state index < -0.39 is 10.0 Å². The Morgan fingerprint density at radius 3 is 2.07 bits per heavy atom. The zero-order chi connectivity index (χ0) is 20.5. The normalized spacial score (nSPS) is 15.5. The minimum atomic E-state index is -3.65. The monoisotopic (exact) mass is 400 g/mol. The molecule has 2 aromatic rings. The van der Waals surface area contributed by atoms with Crippen molar-refractivity contribution in [1.82, 2.24) is 9.21 Å². The second-order valence-electron chi connectivity index (χ2n) is 7.02. The summed E-state index contributed by atoms with van der Waals surface area (Å²) in [4.78, 5) is 26.1. The first-order valence-corrected chi connectivity index (χ1v) is 10.6. The van der Waals surface area contributed by atoms with Gasteiger partial charge in [0.25, 0.3) is 5.91 Å². The molecule has 0 saturated carbocycles. The van der Waals surface area contributed by atoms with Crippen molar-refractivity contribution in [2.24, 2.45) is 0 Å². The SMILES string of the molecule is CC(=O)c1ccc(S(=O)(=O)N2CCN(C(=O)c3cccc(C)c3C)CC2)cc1. The number of ketones is 1. The molecule has 148 valence electrons. The second kappa shape index (κ2) is 7.85. The first-order valence-electron chi connectivity index (χ1n) is 9.18. The fraction of sp³-hybridized carbons (Fsp3) is 0.333. The molecule has 0 atom stereocenters. The number of amides is 1. The zero-order valence-electron chi connectivity index (χ0n) is 16.3. The standard InChI is InChI=1S/C21H24N2O4S/c1-15-5-4-6-20(16(15)2)21(25)22-11-13-23(14-12-22)28(26,27)19-9-7-18(8-10-19)17(3)24/h4-10H,11-14H2,1-3H3. The summed E-state index contributed by atoms with van der Waals surface area (Å²) in [6.45, 7) is 6.51. The molecule has 1 saturated heterocycles. The molecule has 3 rings (SSSR count). The largest absolute Gasteiger partial charge is 0.336 e. The van der Waals surface area contributed by atoms with Gasteiger partial charge in [0.1, 0.15) is 0 Å². The van der Waals surface area contributed by atoms with Crippen molar-refractivity contribution in [2.75, 3.05) is 26.2 Å². The lowest BCUT2D eigenvalue weighted by Gasteiger charge is -2.34. The predicted octanol–water partition coefficient (Wildman–Crippen LogP) is 2.65. The second-order valence-corrected chi connectivity index (χ2v) is 8.96. The lowest BCUT2D eigenvalue weighted by molar-refractivity contribution is 0.0697. The first-order chi connectivity index (χ1) is 13.2. The maximum Gasteiger partial charge on any atom is 0.254 e. The molecule has 1 amide bonds. The van der Waals surface area contributed by atoms with Crippen LogP contribution < -0.4 is 0 Å². The number of rotatable bonds is 4. The molecule has 1 heterocycles. The number of sulfonamides is 1. The minimum absolute atomic E-state index is 0.0657. The highest BCUT2D eigenvalue weighted by molar-refractivity contribution is 7.89. The molecule has 6 nitrogen and oxygen atoms in total. The molecule has 7 heteroatoms. The van der Waals surface area contributed by atoms with Crippen LogP contribution in [0.4, 0.5) is 0 Å². The number of hydrogen-bond donors (Lipinski definition) is 0. The van der Waals surface area contributed by atoms with Crippen LogP contribution in [0, 0.1) is 13.8 Å². The number of carbonyl (C=O) groups is 2. The summed E-state index contributed by atoms with van der Waals surface area (Å²) in [5.74, 6) is -0.174. The van der Waals surface area contributed by atoms with Crippen molar-refractivity contribution < 1.29 is 18.0 Å². The van der Waals surface area contributed by atoms with E-state index in [1.165, 1.54) is 35.5 Å². The van der Waals surface area contributed by atoms with Gasteiger partial charge in [-0.1, -0.05) is 24.3 Å². The lowest BCUT2D eigenvalue weighted by atomic mass is 10.0. The Morgan fingerprint density at radius 2 is 1.50 bits per heavy atom. The van der Waals surface area contributed by atoms with Crippen LogP contribution >= 0.6 is 0 Å². The van der Waals surface area contributed by atoms with Gasteiger partial charge in [0, 0.05) is 37.3 Å². The van der Waals surface area contributed by atoms with E-state index in [0.717, 1.165) is 11.1 Å². The number of benzene rings is 2. The van der Waals surface area contributed by atoms with Gasteiger partial charge in [-0.25, -0.2) is 8.42 Å². The molecule has 0 radical (unpaired) electrons. The van der Waals surface area contributed by atoms with E-state index in [4.69, 9.17) is 0 Å². The summed E-state index contributed by atoms with van der Waals surface area (Å²) in [5, 5.41) is 0. The molecule has 0 N–H and O–H groups in total. The molecule has 2 aromatic carbocycles. The van der Waals surface area contributed by atoms with E-state index >= 15 is 0 Å². The summed E-state index contributed by atoms with van der Waals surface area (Å²) in [5.41, 5.74) is 3.15. The van der Waals surface area contributed by atoms with Gasteiger partial charge < -0.3 is 4.90 Å². The third kappa shape index (κ3) is 3.86. The number of Topliss-reactive ketones (excluding diaryl/α,β-unsaturated/α-hetero) is 1. The first kappa shape index (κ1) is 20.2. The van der Waals surface area contributed by atoms with Gasteiger partial charge >= 0.3 is 0 Å². The van der Waals surface area contributed by atoms with Crippen LogP contribution in [0.5, 0.6) is 0 Å². The number of hydrogen-bond acceptors (Lipinski definition) is 4. The van der Waals surface area contributed by atoms with Crippen LogP contribution in [0.2, 0.25) is 0 Å². The molecule has 1 aliphatic heterocycles. The lowest BCUT2D eigenvalue weighted by Crippen LogP contribution is -2.50. The van der Waals surface area contributed by atoms with Gasteiger partial charge in [0.05, 0.1) is 4.90 Å². The van der Waals surface area contributed by atoms with Crippen molar-refractivity contribution in [2.45, 2.75) is 25.7 Å². The van der Waals surface area contributed by atoms with Crippen molar-refractivity contribution in [3.63, 3.8) is 0 Å². The summed E-state index contributed by atoms with van der Waals surface area (Å²) in [7, 11) is -3.65. The molecule has 0 bridgehead atoms. The number of nitrogens with zero attached hydrogens (tertiary/aromatic N) is 2. The van der Waals surface area contributed by atoms with Crippen LogP contribution in [0.3, 0.4) is 0 Å². The third-order valence-corrected chi connectivity index (χ3v) is 7.17. The van der Waals surface area contributed by atoms with Crippen LogP contribution in [0.1, 0.15) is 38.8 Å². The average molecular weight is 401 g/mol. The summed E-state index contributed by atoms with van der Waals surface area (Å²) >= 11 is 0. The summed E-state index contributed by atoms with van der Waals surface area (Å²) < 4.78 is 27.1. The van der Waals surface area contributed by atoms with Gasteiger partial charge in [-0.05, 0) is 50.1 Å². The number of aryl methyl sites for hydroxylation is 1. The van der Waals surface area contributed by atoms with E-state index in [1.54, 1.807) is 4.90 Å². The van der Waals surface area contributed by atoms with Gasteiger partial charge in [0.15, 0.2) is 5.78 Å². The molecule has 1 aliphatic rings. The van der Waals surface area contributed by atoms with E-state index in [-0.39, 0.29) is 29.7 Å². The maximum atomic E-state index is 12.9. The van der Waals surface area contributed by atoms with Gasteiger partial charge in [0.2, 0.25) is 10.0 Å². The fourth-order valence-corrected chi connectivity index (χ4v) is 4.72. The molecule has 0 unspecified atom stereocenters. The molecular formula is C21H24N2O4S. The van der Waals surface area contributed by atoms with Crippen LogP contribution in [-0.4, -0.2) is 55.5 Å². The van der Waals surface area contributed by atoms with E-state index in [9.17, 15) is 18.0 Å². The smallest absolute Gasteiger partial charge is 0.254 e. The number of carbonyl (C=O) groups excluding carboxylic acids is 2. The highest BCUT2D eigenvalue weighted by Gasteiger charge is 2.30. The Kier molecular flexibility index (Phi) is 5.67.